The highest BCUT2D eigenvalue weighted by molar-refractivity contribution is 8.15. The second kappa shape index (κ2) is 9.47. The Bertz CT molecular complexity index is 897. The molecule has 1 fully saturated rings. The average molecular weight is 413 g/mol. The minimum absolute atomic E-state index is 0.117. The first kappa shape index (κ1) is 20.7. The Balaban J connectivity index is 1.71. The summed E-state index contributed by atoms with van der Waals surface area (Å²) in [6.45, 7) is 2.49. The second-order valence-corrected chi connectivity index (χ2v) is 7.47. The molecule has 1 aliphatic rings. The summed E-state index contributed by atoms with van der Waals surface area (Å²) in [5, 5.41) is 2.79. The number of benzene rings is 2. The first-order valence-electron chi connectivity index (χ1n) is 9.20. The van der Waals surface area contributed by atoms with E-state index in [1.54, 1.807) is 62.7 Å². The van der Waals surface area contributed by atoms with E-state index in [-0.39, 0.29) is 18.2 Å². The van der Waals surface area contributed by atoms with Gasteiger partial charge in [-0.05, 0) is 55.5 Å². The number of carbonyl (C=O) groups excluding carboxylic acids is 2. The van der Waals surface area contributed by atoms with E-state index in [2.05, 4.69) is 10.3 Å². The Kier molecular flexibility index (Phi) is 6.77. The second-order valence-electron chi connectivity index (χ2n) is 6.30. The number of amides is 2. The summed E-state index contributed by atoms with van der Waals surface area (Å²) in [6, 6.07) is 14.3. The lowest BCUT2D eigenvalue weighted by molar-refractivity contribution is -0.128. The molecule has 0 aliphatic carbocycles. The van der Waals surface area contributed by atoms with Crippen LogP contribution in [-0.2, 0) is 9.59 Å². The summed E-state index contributed by atoms with van der Waals surface area (Å²) in [5.41, 5.74) is 1.33. The zero-order valence-corrected chi connectivity index (χ0v) is 17.4. The van der Waals surface area contributed by atoms with Crippen LogP contribution in [0.4, 0.5) is 11.4 Å². The third-order valence-corrected chi connectivity index (χ3v) is 5.53. The van der Waals surface area contributed by atoms with Gasteiger partial charge in [0.25, 0.3) is 0 Å². The van der Waals surface area contributed by atoms with E-state index < -0.39 is 5.25 Å². The largest absolute Gasteiger partial charge is 0.497 e. The van der Waals surface area contributed by atoms with Gasteiger partial charge in [0.05, 0.1) is 19.4 Å². The molecule has 29 heavy (non-hydrogen) atoms. The molecule has 3 rings (SSSR count). The van der Waals surface area contributed by atoms with Gasteiger partial charge in [-0.2, -0.15) is 0 Å². The topological polar surface area (TPSA) is 80.2 Å². The van der Waals surface area contributed by atoms with Gasteiger partial charge < -0.3 is 14.8 Å². The lowest BCUT2D eigenvalue weighted by Crippen LogP contribution is -2.43. The highest BCUT2D eigenvalue weighted by Gasteiger charge is 2.34. The number of rotatable bonds is 6. The predicted molar refractivity (Wildman–Crippen MR) is 115 cm³/mol. The van der Waals surface area contributed by atoms with Crippen LogP contribution >= 0.6 is 11.8 Å². The van der Waals surface area contributed by atoms with Crippen molar-refractivity contribution in [1.29, 1.82) is 0 Å². The van der Waals surface area contributed by atoms with E-state index in [0.29, 0.717) is 23.1 Å². The number of amidine groups is 1. The van der Waals surface area contributed by atoms with Crippen molar-refractivity contribution >= 4 is 40.1 Å². The number of aliphatic imine (C=N–C) groups is 1. The molecule has 2 amide bonds. The van der Waals surface area contributed by atoms with Gasteiger partial charge in [0.1, 0.15) is 16.7 Å². The molecule has 1 aliphatic heterocycles. The van der Waals surface area contributed by atoms with Crippen LogP contribution in [0.1, 0.15) is 13.3 Å². The van der Waals surface area contributed by atoms with E-state index in [4.69, 9.17) is 9.47 Å². The fourth-order valence-corrected chi connectivity index (χ4v) is 3.75. The van der Waals surface area contributed by atoms with E-state index in [9.17, 15) is 9.59 Å². The van der Waals surface area contributed by atoms with Gasteiger partial charge in [-0.1, -0.05) is 11.8 Å². The lowest BCUT2D eigenvalue weighted by Gasteiger charge is -2.28. The molecule has 0 bridgehead atoms. The minimum atomic E-state index is -0.553. The third kappa shape index (κ3) is 5.29. The number of nitrogens with one attached hydrogen (secondary N) is 1. The Hall–Kier alpha value is -3.00. The van der Waals surface area contributed by atoms with Gasteiger partial charge in [-0.25, -0.2) is 4.99 Å². The number of carbonyl (C=O) groups is 2. The molecule has 0 radical (unpaired) electrons. The van der Waals surface area contributed by atoms with Gasteiger partial charge in [-0.15, -0.1) is 0 Å². The maximum Gasteiger partial charge on any atom is 0.238 e. The van der Waals surface area contributed by atoms with Gasteiger partial charge in [0, 0.05) is 19.2 Å². The summed E-state index contributed by atoms with van der Waals surface area (Å²) in [4.78, 5) is 31.1. The van der Waals surface area contributed by atoms with Crippen LogP contribution in [0.15, 0.2) is 53.5 Å². The van der Waals surface area contributed by atoms with Crippen molar-refractivity contribution < 1.29 is 19.1 Å². The van der Waals surface area contributed by atoms with E-state index in [1.807, 2.05) is 6.92 Å². The molecule has 152 valence electrons. The summed E-state index contributed by atoms with van der Waals surface area (Å²) in [6.07, 6.45) is 0.117. The summed E-state index contributed by atoms with van der Waals surface area (Å²) < 4.78 is 10.5. The standard InChI is InChI=1S/C21H23N3O4S/c1-4-28-17-11-7-14(8-12-17)22-20(26)18-13-19(25)24(2)21(29-18)23-15-5-9-16(27-3)10-6-15/h5-12,18H,4,13H2,1-3H3,(H,22,26)/t18-/m1/s1. The van der Waals surface area contributed by atoms with Gasteiger partial charge in [0.15, 0.2) is 5.17 Å². The van der Waals surface area contributed by atoms with E-state index >= 15 is 0 Å². The Morgan fingerprint density at radius 1 is 1.17 bits per heavy atom. The van der Waals surface area contributed by atoms with Gasteiger partial charge in [0.2, 0.25) is 11.8 Å². The van der Waals surface area contributed by atoms with E-state index in [1.165, 1.54) is 16.7 Å². The molecule has 0 unspecified atom stereocenters. The zero-order valence-electron chi connectivity index (χ0n) is 16.5. The Labute approximate surface area is 174 Å². The number of anilines is 1. The number of nitrogens with zero attached hydrogens (tertiary/aromatic N) is 2. The SMILES string of the molecule is CCOc1ccc(NC(=O)[C@H]2CC(=O)N(C)C(=Nc3ccc(OC)cc3)S2)cc1. The normalized spacial score (nSPS) is 17.9. The van der Waals surface area contributed by atoms with Crippen LogP contribution in [-0.4, -0.2) is 47.9 Å². The molecule has 0 spiro atoms. The highest BCUT2D eigenvalue weighted by atomic mass is 32.2. The minimum Gasteiger partial charge on any atom is -0.497 e. The molecule has 0 aromatic heterocycles. The summed E-state index contributed by atoms with van der Waals surface area (Å²) >= 11 is 1.27. The van der Waals surface area contributed by atoms with Crippen molar-refractivity contribution in [2.24, 2.45) is 4.99 Å². The van der Waals surface area contributed by atoms with Crippen LogP contribution < -0.4 is 14.8 Å². The smallest absolute Gasteiger partial charge is 0.238 e. The molecule has 7 nitrogen and oxygen atoms in total. The quantitative estimate of drug-likeness (QED) is 0.781. The van der Waals surface area contributed by atoms with Crippen molar-refractivity contribution in [2.75, 3.05) is 26.1 Å². The number of hydrogen-bond acceptors (Lipinski definition) is 6. The summed E-state index contributed by atoms with van der Waals surface area (Å²) in [7, 11) is 3.26. The van der Waals surface area contributed by atoms with Crippen molar-refractivity contribution in [2.45, 2.75) is 18.6 Å². The Morgan fingerprint density at radius 3 is 2.45 bits per heavy atom. The average Bonchev–Trinajstić information content (AvgIpc) is 2.73. The number of ether oxygens (including phenoxy) is 2. The molecular weight excluding hydrogens is 390 g/mol. The van der Waals surface area contributed by atoms with Crippen LogP contribution in [0, 0.1) is 0 Å². The molecule has 2 aromatic carbocycles. The van der Waals surface area contributed by atoms with Crippen molar-refractivity contribution in [3.05, 3.63) is 48.5 Å². The molecular formula is C21H23N3O4S. The molecule has 1 N–H and O–H groups in total. The fourth-order valence-electron chi connectivity index (χ4n) is 2.69. The molecule has 1 saturated heterocycles. The Morgan fingerprint density at radius 2 is 1.83 bits per heavy atom. The maximum absolute atomic E-state index is 12.7. The predicted octanol–water partition coefficient (Wildman–Crippen LogP) is 3.68. The summed E-state index contributed by atoms with van der Waals surface area (Å²) in [5.74, 6) is 1.08. The lowest BCUT2D eigenvalue weighted by atomic mass is 10.2. The van der Waals surface area contributed by atoms with Gasteiger partial charge in [-0.3, -0.25) is 14.5 Å². The first-order chi connectivity index (χ1) is 14.0. The van der Waals surface area contributed by atoms with Crippen molar-refractivity contribution in [3.8, 4) is 11.5 Å². The fraction of sp³-hybridized carbons (Fsp3) is 0.286. The van der Waals surface area contributed by atoms with Gasteiger partial charge >= 0.3 is 0 Å². The maximum atomic E-state index is 12.7. The molecule has 1 atom stereocenters. The van der Waals surface area contributed by atoms with E-state index in [0.717, 1.165) is 11.5 Å². The molecule has 1 heterocycles. The highest BCUT2D eigenvalue weighted by Crippen LogP contribution is 2.29. The number of hydrogen-bond donors (Lipinski definition) is 1. The van der Waals surface area contributed by atoms with Crippen molar-refractivity contribution in [1.82, 2.24) is 4.90 Å². The number of methoxy groups -OCH3 is 1. The third-order valence-electron chi connectivity index (χ3n) is 4.29. The zero-order chi connectivity index (χ0) is 20.8. The molecule has 0 saturated carbocycles. The molecule has 2 aromatic rings. The van der Waals surface area contributed by atoms with Crippen LogP contribution in [0.2, 0.25) is 0 Å². The molecule has 8 heteroatoms. The van der Waals surface area contributed by atoms with Crippen LogP contribution in [0.25, 0.3) is 0 Å². The van der Waals surface area contributed by atoms with Crippen molar-refractivity contribution in [3.63, 3.8) is 0 Å². The number of thioether (sulfide) groups is 1. The first-order valence-corrected chi connectivity index (χ1v) is 10.1. The monoisotopic (exact) mass is 413 g/mol. The van der Waals surface area contributed by atoms with Crippen LogP contribution in [0.5, 0.6) is 11.5 Å². The van der Waals surface area contributed by atoms with Crippen LogP contribution in [0.3, 0.4) is 0 Å².